The number of aromatic nitrogens is 2. The number of likely N-dealkylation sites (tertiary alicyclic amines) is 1. The van der Waals surface area contributed by atoms with Gasteiger partial charge in [0.1, 0.15) is 5.75 Å². The lowest BCUT2D eigenvalue weighted by Gasteiger charge is -2.23. The maximum atomic E-state index is 5.50. The van der Waals surface area contributed by atoms with E-state index in [0.29, 0.717) is 0 Å². The summed E-state index contributed by atoms with van der Waals surface area (Å²) >= 11 is 7.00. The second kappa shape index (κ2) is 8.60. The highest BCUT2D eigenvalue weighted by atomic mass is 32.1. The largest absolute Gasteiger partial charge is 0.495 e. The van der Waals surface area contributed by atoms with Gasteiger partial charge in [-0.2, -0.15) is 0 Å². The van der Waals surface area contributed by atoms with Crippen molar-refractivity contribution in [3.8, 4) is 5.75 Å². The Labute approximate surface area is 152 Å². The number of para-hydroxylation sites is 2. The van der Waals surface area contributed by atoms with E-state index in [4.69, 9.17) is 17.0 Å². The lowest BCUT2D eigenvalue weighted by Crippen LogP contribution is -2.30. The predicted octanol–water partition coefficient (Wildman–Crippen LogP) is 4.65. The molecule has 1 N–H and O–H groups in total. The molecule has 3 rings (SSSR count). The predicted molar refractivity (Wildman–Crippen MR) is 102 cm³/mol. The molecule has 1 aliphatic heterocycles. The molecule has 0 unspecified atom stereocenters. The molecule has 0 saturated carbocycles. The lowest BCUT2D eigenvalue weighted by atomic mass is 10.1. The van der Waals surface area contributed by atoms with Gasteiger partial charge in [0.15, 0.2) is 3.95 Å². The van der Waals surface area contributed by atoms with Crippen molar-refractivity contribution in [2.75, 3.05) is 25.5 Å². The van der Waals surface area contributed by atoms with Crippen molar-refractivity contribution in [1.29, 1.82) is 0 Å². The van der Waals surface area contributed by atoms with E-state index in [1.54, 1.807) is 7.11 Å². The molecule has 1 aliphatic rings. The Morgan fingerprint density at radius 2 is 1.88 bits per heavy atom. The summed E-state index contributed by atoms with van der Waals surface area (Å²) in [5.41, 5.74) is 0.905. The molecule has 0 radical (unpaired) electrons. The van der Waals surface area contributed by atoms with Gasteiger partial charge < -0.3 is 10.1 Å². The van der Waals surface area contributed by atoms with Gasteiger partial charge in [-0.15, -0.1) is 5.10 Å². The maximum Gasteiger partial charge on any atom is 0.209 e. The van der Waals surface area contributed by atoms with Crippen LogP contribution >= 0.6 is 23.6 Å². The van der Waals surface area contributed by atoms with E-state index in [2.05, 4.69) is 15.3 Å². The van der Waals surface area contributed by atoms with Crippen molar-refractivity contribution in [3.63, 3.8) is 0 Å². The van der Waals surface area contributed by atoms with Crippen LogP contribution in [0.15, 0.2) is 24.3 Å². The second-order valence-electron chi connectivity index (χ2n) is 6.03. The van der Waals surface area contributed by atoms with Gasteiger partial charge >= 0.3 is 0 Å². The fourth-order valence-corrected chi connectivity index (χ4v) is 3.96. The van der Waals surface area contributed by atoms with Gasteiger partial charge in [0.25, 0.3) is 0 Å². The van der Waals surface area contributed by atoms with E-state index in [1.165, 1.54) is 43.4 Å². The minimum absolute atomic E-state index is 0.781. The van der Waals surface area contributed by atoms with Gasteiger partial charge in [0.2, 0.25) is 5.13 Å². The van der Waals surface area contributed by atoms with Crippen LogP contribution in [0.5, 0.6) is 5.75 Å². The summed E-state index contributed by atoms with van der Waals surface area (Å²) in [4.78, 5) is 2.46. The van der Waals surface area contributed by atoms with Crippen LogP contribution < -0.4 is 10.1 Å². The molecule has 7 heteroatoms. The van der Waals surface area contributed by atoms with Crippen molar-refractivity contribution in [2.24, 2.45) is 0 Å². The Bertz CT molecular complexity index is 705. The van der Waals surface area contributed by atoms with Gasteiger partial charge in [0.05, 0.1) is 19.5 Å². The van der Waals surface area contributed by atoms with Gasteiger partial charge in [-0.05, 0) is 50.3 Å². The summed E-state index contributed by atoms with van der Waals surface area (Å²) < 4.78 is 8.11. The van der Waals surface area contributed by atoms with Crippen molar-refractivity contribution < 1.29 is 4.74 Å². The smallest absolute Gasteiger partial charge is 0.209 e. The fourth-order valence-electron chi connectivity index (χ4n) is 2.95. The number of benzene rings is 1. The average molecular weight is 365 g/mol. The third-order valence-electron chi connectivity index (χ3n) is 4.24. The van der Waals surface area contributed by atoms with Crippen LogP contribution in [-0.4, -0.2) is 34.9 Å². The Morgan fingerprint density at radius 3 is 2.62 bits per heavy atom. The van der Waals surface area contributed by atoms with E-state index >= 15 is 0 Å². The van der Waals surface area contributed by atoms with E-state index in [9.17, 15) is 0 Å². The molecule has 0 aliphatic carbocycles. The number of ether oxygens (including phenoxy) is 1. The van der Waals surface area contributed by atoms with Gasteiger partial charge in [-0.25, -0.2) is 4.68 Å². The first-order valence-corrected chi connectivity index (χ1v) is 9.69. The number of rotatable bonds is 5. The first-order valence-electron chi connectivity index (χ1n) is 8.46. The molecule has 24 heavy (non-hydrogen) atoms. The van der Waals surface area contributed by atoms with Gasteiger partial charge in [-0.1, -0.05) is 42.7 Å². The second-order valence-corrected chi connectivity index (χ2v) is 7.65. The summed E-state index contributed by atoms with van der Waals surface area (Å²) in [6.07, 6.45) is 6.57. The van der Waals surface area contributed by atoms with E-state index in [1.807, 2.05) is 28.9 Å². The first kappa shape index (κ1) is 17.4. The van der Waals surface area contributed by atoms with E-state index in [0.717, 1.165) is 40.3 Å². The summed E-state index contributed by atoms with van der Waals surface area (Å²) in [6.45, 7) is 3.05. The van der Waals surface area contributed by atoms with Crippen LogP contribution in [0.1, 0.15) is 32.1 Å². The summed E-state index contributed by atoms with van der Waals surface area (Å²) in [7, 11) is 1.67. The molecule has 1 fully saturated rings. The van der Waals surface area contributed by atoms with Crippen LogP contribution in [0, 0.1) is 3.95 Å². The SMILES string of the molecule is COc1ccccc1Nc1nn(CN2CCCCCCC2)c(=S)s1. The highest BCUT2D eigenvalue weighted by Crippen LogP contribution is 2.28. The quantitative estimate of drug-likeness (QED) is 0.782. The zero-order chi connectivity index (χ0) is 16.8. The molecule has 1 aromatic carbocycles. The molecule has 1 aromatic heterocycles. The van der Waals surface area contributed by atoms with Crippen LogP contribution in [0.25, 0.3) is 0 Å². The molecule has 1 saturated heterocycles. The number of nitrogens with one attached hydrogen (secondary N) is 1. The summed E-state index contributed by atoms with van der Waals surface area (Å²) in [5, 5.41) is 8.77. The van der Waals surface area contributed by atoms with Crippen molar-refractivity contribution in [2.45, 2.75) is 38.8 Å². The monoisotopic (exact) mass is 364 g/mol. The van der Waals surface area contributed by atoms with Crippen molar-refractivity contribution >= 4 is 34.4 Å². The summed E-state index contributed by atoms with van der Waals surface area (Å²) in [6, 6.07) is 7.83. The first-order chi connectivity index (χ1) is 11.8. The zero-order valence-electron chi connectivity index (χ0n) is 14.0. The van der Waals surface area contributed by atoms with Crippen molar-refractivity contribution in [3.05, 3.63) is 28.2 Å². The Hall–Kier alpha value is -1.44. The molecule has 0 bridgehead atoms. The molecule has 2 aromatic rings. The van der Waals surface area contributed by atoms with Crippen LogP contribution in [0.3, 0.4) is 0 Å². The average Bonchev–Trinajstić information content (AvgIpc) is 2.90. The third-order valence-corrected chi connectivity index (χ3v) is 5.46. The molecule has 2 heterocycles. The molecule has 5 nitrogen and oxygen atoms in total. The maximum absolute atomic E-state index is 5.50. The number of nitrogens with zero attached hydrogens (tertiary/aromatic N) is 3. The Morgan fingerprint density at radius 1 is 1.17 bits per heavy atom. The minimum Gasteiger partial charge on any atom is -0.495 e. The topological polar surface area (TPSA) is 42.3 Å². The number of hydrogen-bond donors (Lipinski definition) is 1. The van der Waals surface area contributed by atoms with E-state index < -0.39 is 0 Å². The normalized spacial score (nSPS) is 16.4. The fraction of sp³-hybridized carbons (Fsp3) is 0.529. The zero-order valence-corrected chi connectivity index (χ0v) is 15.7. The number of methoxy groups -OCH3 is 1. The molecular weight excluding hydrogens is 340 g/mol. The van der Waals surface area contributed by atoms with Crippen LogP contribution in [0.4, 0.5) is 10.8 Å². The minimum atomic E-state index is 0.781. The molecule has 0 spiro atoms. The molecule has 0 atom stereocenters. The molecule has 130 valence electrons. The van der Waals surface area contributed by atoms with Gasteiger partial charge in [-0.3, -0.25) is 4.90 Å². The van der Waals surface area contributed by atoms with Crippen molar-refractivity contribution in [1.82, 2.24) is 14.7 Å². The highest BCUT2D eigenvalue weighted by Gasteiger charge is 2.12. The lowest BCUT2D eigenvalue weighted by molar-refractivity contribution is 0.189. The highest BCUT2D eigenvalue weighted by molar-refractivity contribution is 7.73. The number of hydrogen-bond acceptors (Lipinski definition) is 6. The summed E-state index contributed by atoms with van der Waals surface area (Å²) in [5.74, 6) is 0.800. The van der Waals surface area contributed by atoms with Crippen LogP contribution in [-0.2, 0) is 6.67 Å². The molecule has 0 amide bonds. The third kappa shape index (κ3) is 4.55. The van der Waals surface area contributed by atoms with Crippen LogP contribution in [0.2, 0.25) is 0 Å². The van der Waals surface area contributed by atoms with E-state index in [-0.39, 0.29) is 0 Å². The molecular formula is C17H24N4OS2. The Balaban J connectivity index is 1.69. The number of anilines is 2. The standard InChI is InChI=1S/C17H24N4OS2/c1-22-15-10-6-5-9-14(15)18-16-19-21(17(23)24-16)13-20-11-7-3-2-4-8-12-20/h5-6,9-10H,2-4,7-8,11-13H2,1H3,(H,18,19). The van der Waals surface area contributed by atoms with Gasteiger partial charge in [0, 0.05) is 0 Å². The Kier molecular flexibility index (Phi) is 6.23.